The van der Waals surface area contributed by atoms with Gasteiger partial charge in [0.15, 0.2) is 31.3 Å². The van der Waals surface area contributed by atoms with E-state index in [2.05, 4.69) is 171 Å². The number of anilines is 4. The van der Waals surface area contributed by atoms with E-state index in [1.807, 2.05) is 103 Å². The van der Waals surface area contributed by atoms with Gasteiger partial charge in [-0.15, -0.1) is 11.3 Å². The number of rotatable bonds is 22. The molecule has 6 aliphatic rings. The van der Waals surface area contributed by atoms with Crippen LogP contribution in [0.3, 0.4) is 0 Å². The minimum atomic E-state index is -0.476. The summed E-state index contributed by atoms with van der Waals surface area (Å²) in [4.78, 5) is 82.8. The molecule has 109 heavy (non-hydrogen) atoms. The molecular formula is C88H79N9O7S5+2. The van der Waals surface area contributed by atoms with Crippen molar-refractivity contribution in [3.05, 3.63) is 299 Å². The van der Waals surface area contributed by atoms with Gasteiger partial charge in [0, 0.05) is 84.9 Å². The second kappa shape index (κ2) is 32.0. The molecule has 7 heterocycles. The van der Waals surface area contributed by atoms with Crippen molar-refractivity contribution in [1.29, 1.82) is 0 Å². The van der Waals surface area contributed by atoms with Crippen LogP contribution in [-0.2, 0) is 37.0 Å². The molecule has 21 heteroatoms. The highest BCUT2D eigenvalue weighted by atomic mass is 32.2. The summed E-state index contributed by atoms with van der Waals surface area (Å²) in [6, 6.07) is 67.7. The van der Waals surface area contributed by atoms with Gasteiger partial charge < -0.3 is 14.5 Å². The number of carbonyl (C=O) groups is 4. The quantitative estimate of drug-likeness (QED) is 0.0126. The normalized spacial score (nSPS) is 19.1. The molecule has 2 aliphatic carbocycles. The van der Waals surface area contributed by atoms with E-state index in [1.165, 1.54) is 62.2 Å². The average molecular weight is 1530 g/mol. The van der Waals surface area contributed by atoms with Gasteiger partial charge >= 0.3 is 5.97 Å². The highest BCUT2D eigenvalue weighted by Crippen LogP contribution is 2.54. The lowest BCUT2D eigenvalue weighted by atomic mass is 9.95. The molecule has 4 aliphatic heterocycles. The number of amides is 3. The standard InChI is InChI=1S/C88H78N9O7S5/c1-56(90-80(98)55-95-83(100)78(107-85(95)81-84(101)91(2)87(105)109-81)53-60-28-36-77-72(51-60)69-16-11-19-75(69)97(77)68-34-26-59(27-35-68)50-71(64-12-6-4-7-13-64)65-14-8-5-9-15-65)93-45-40-63(41-46-93)62-38-43-92(44-39-62)47-42-89-104-49-48-94-82(99)79(108-88(94)106)54-61-29-37-76-73(52-61)70-17-10-18-74(70)96(76)67-32-24-58(25-33-67)21-20-57-22-30-66(31-23-57)86(102)103-3/h4-9,12-15,20-41,43-46,50-54,56,69-70,74-75,89H,10-11,16-19,42,47-49,55H2,1-3H3/q+1/p+1/b21-20+,78-53+,79-54+,85-81+. The Balaban J connectivity index is 0.512. The zero-order valence-electron chi connectivity index (χ0n) is 60.4. The summed E-state index contributed by atoms with van der Waals surface area (Å²) < 4.78 is 11.9. The van der Waals surface area contributed by atoms with Crippen LogP contribution >= 0.6 is 59.3 Å². The van der Waals surface area contributed by atoms with Crippen LogP contribution in [0.15, 0.2) is 229 Å². The van der Waals surface area contributed by atoms with E-state index >= 15 is 0 Å². The first-order valence-electron chi connectivity index (χ1n) is 36.8. The van der Waals surface area contributed by atoms with E-state index in [1.54, 1.807) is 24.1 Å². The van der Waals surface area contributed by atoms with Gasteiger partial charge in [-0.1, -0.05) is 182 Å². The Morgan fingerprint density at radius 2 is 1.17 bits per heavy atom. The number of hydrogen-bond donors (Lipinski definition) is 2. The van der Waals surface area contributed by atoms with Crippen molar-refractivity contribution >= 4 is 155 Å². The lowest BCUT2D eigenvalue weighted by Gasteiger charge is -2.27. The molecule has 2 saturated heterocycles. The number of nitrogens with one attached hydrogen (secondary N) is 2. The molecule has 5 atom stereocenters. The summed E-state index contributed by atoms with van der Waals surface area (Å²) in [6.07, 6.45) is 24.3. The van der Waals surface area contributed by atoms with Gasteiger partial charge in [0.2, 0.25) is 12.1 Å². The topological polar surface area (TPSA) is 154 Å². The van der Waals surface area contributed by atoms with E-state index in [-0.39, 0.29) is 42.4 Å². The number of nitrogens with zero attached hydrogens (tertiary/aromatic N) is 7. The Hall–Kier alpha value is -10.5. The Morgan fingerprint density at radius 3 is 1.73 bits per heavy atom. The zero-order chi connectivity index (χ0) is 74.8. The predicted molar refractivity (Wildman–Crippen MR) is 444 cm³/mol. The van der Waals surface area contributed by atoms with Crippen LogP contribution in [0, 0.1) is 0 Å². The fraction of sp³-hybridized carbons (Fsp3) is 0.216. The largest absolute Gasteiger partial charge is 0.465 e. The van der Waals surface area contributed by atoms with Gasteiger partial charge in [-0.05, 0) is 171 Å². The summed E-state index contributed by atoms with van der Waals surface area (Å²) in [5, 5.41) is 3.08. The van der Waals surface area contributed by atoms with E-state index in [9.17, 15) is 24.0 Å². The SMILES string of the molecule is COC(=O)c1ccc(/C=C/c2ccc(N3c4ccc(/C=C5/SC(=S)N(CCONCC[n+]6ccc(-c7cc[n+](C(C)NC(=O)Cn8c(=O)/c(=C\c9ccc%10c(c9)C9CCCC9N%10c9ccc(C=C(c%10ccccc%10)c%10ccccc%10)cc9)s/c8=C8/SC(=S)N(C)C8=O)cc7)cc6)C5=O)cc4C4CCCC43)cc2)cc1. The van der Waals surface area contributed by atoms with Crippen molar-refractivity contribution < 1.29 is 37.9 Å². The lowest BCUT2D eigenvalue weighted by molar-refractivity contribution is -0.723. The second-order valence-corrected chi connectivity index (χ2v) is 32.4. The van der Waals surface area contributed by atoms with E-state index in [4.69, 9.17) is 34.0 Å². The molecule has 3 aromatic heterocycles. The predicted octanol–water partition coefficient (Wildman–Crippen LogP) is 14.5. The van der Waals surface area contributed by atoms with Crippen molar-refractivity contribution in [2.45, 2.75) is 88.6 Å². The Labute approximate surface area is 656 Å². The molecule has 0 radical (unpaired) electrons. The summed E-state index contributed by atoms with van der Waals surface area (Å²) in [7, 11) is 3.01. The van der Waals surface area contributed by atoms with Crippen molar-refractivity contribution in [2.75, 3.05) is 43.7 Å². The first-order valence-corrected chi connectivity index (χ1v) is 40.1. The van der Waals surface area contributed by atoms with Gasteiger partial charge in [-0.3, -0.25) is 43.7 Å². The van der Waals surface area contributed by atoms with E-state index in [0.717, 1.165) is 117 Å². The molecule has 5 unspecified atom stereocenters. The van der Waals surface area contributed by atoms with Crippen LogP contribution in [0.2, 0.25) is 0 Å². The van der Waals surface area contributed by atoms with Crippen LogP contribution in [0.4, 0.5) is 22.7 Å². The number of pyridine rings is 2. The molecule has 10 aromatic rings. The van der Waals surface area contributed by atoms with E-state index < -0.39 is 6.17 Å². The summed E-state index contributed by atoms with van der Waals surface area (Å²) in [6.45, 7) is 3.31. The number of thiazole rings is 1. The van der Waals surface area contributed by atoms with Crippen LogP contribution in [0.5, 0.6) is 0 Å². The third-order valence-electron chi connectivity index (χ3n) is 21.4. The number of thiocarbonyl (C=S) groups is 2. The van der Waals surface area contributed by atoms with Crippen molar-refractivity contribution in [3.63, 3.8) is 0 Å². The number of aromatic nitrogens is 3. The highest BCUT2D eigenvalue weighted by Gasteiger charge is 2.44. The molecule has 16 nitrogen and oxygen atoms in total. The average Bonchev–Trinajstić information content (AvgIpc) is 1.60. The maximum atomic E-state index is 14.7. The van der Waals surface area contributed by atoms with Gasteiger partial charge in [0.05, 0.1) is 41.8 Å². The van der Waals surface area contributed by atoms with Crippen molar-refractivity contribution in [1.82, 2.24) is 25.2 Å². The molecule has 16 rings (SSSR count). The van der Waals surface area contributed by atoms with Crippen LogP contribution in [-0.4, -0.2) is 92.6 Å². The third kappa shape index (κ3) is 15.3. The first-order chi connectivity index (χ1) is 53.2. The van der Waals surface area contributed by atoms with Crippen LogP contribution in [0.1, 0.15) is 124 Å². The summed E-state index contributed by atoms with van der Waals surface area (Å²) >= 11 is 14.9. The number of fused-ring (bicyclic) bond motifs is 6. The second-order valence-electron chi connectivity index (χ2n) is 28.1. The molecule has 7 aromatic carbocycles. The van der Waals surface area contributed by atoms with Crippen LogP contribution < -0.4 is 44.5 Å². The van der Waals surface area contributed by atoms with E-state index in [0.29, 0.717) is 76.8 Å². The van der Waals surface area contributed by atoms with Gasteiger partial charge in [0.25, 0.3) is 17.4 Å². The molecule has 4 fully saturated rings. The number of ether oxygens (including phenoxy) is 1. The zero-order valence-corrected chi connectivity index (χ0v) is 64.4. The van der Waals surface area contributed by atoms with Crippen LogP contribution in [0.25, 0.3) is 52.0 Å². The Bertz CT molecular complexity index is 5460. The molecule has 2 saturated carbocycles. The van der Waals surface area contributed by atoms with Gasteiger partial charge in [-0.25, -0.2) is 9.36 Å². The molecule has 0 spiro atoms. The molecular weight excluding hydrogens is 1460 g/mol. The Kier molecular flexibility index (Phi) is 21.3. The van der Waals surface area contributed by atoms with Gasteiger partial charge in [0.1, 0.15) is 24.8 Å². The maximum Gasteiger partial charge on any atom is 0.337 e. The Morgan fingerprint density at radius 1 is 0.615 bits per heavy atom. The minimum Gasteiger partial charge on any atom is -0.465 e. The third-order valence-corrected chi connectivity index (χ3v) is 25.6. The maximum absolute atomic E-state index is 14.7. The number of thioether (sulfide) groups is 2. The fourth-order valence-electron chi connectivity index (χ4n) is 15.9. The minimum absolute atomic E-state index is 0.122. The molecule has 2 N–H and O–H groups in total. The summed E-state index contributed by atoms with van der Waals surface area (Å²) in [5.74, 6) is -0.424. The number of hydrogen-bond acceptors (Lipinski definition) is 15. The molecule has 3 amide bonds. The smallest absolute Gasteiger partial charge is 0.337 e. The first kappa shape index (κ1) is 72.7. The number of benzene rings is 7. The lowest BCUT2D eigenvalue weighted by Crippen LogP contribution is -2.49. The van der Waals surface area contributed by atoms with Crippen molar-refractivity contribution in [3.8, 4) is 11.1 Å². The summed E-state index contributed by atoms with van der Waals surface area (Å²) in [5.41, 5.74) is 21.0. The molecule has 546 valence electrons. The van der Waals surface area contributed by atoms with Crippen molar-refractivity contribution in [2.24, 2.45) is 0 Å². The fourth-order valence-corrected chi connectivity index (χ4v) is 19.6. The number of hydroxylamine groups is 1. The molecule has 0 bridgehead atoms. The number of carbonyl (C=O) groups excluding carboxylic acids is 4. The number of esters is 1. The van der Waals surface area contributed by atoms with Gasteiger partial charge in [-0.2, -0.15) is 10.0 Å². The highest BCUT2D eigenvalue weighted by molar-refractivity contribution is 8.30. The number of methoxy groups -OCH3 is 1. The monoisotopic (exact) mass is 1530 g/mol.